The van der Waals surface area contributed by atoms with Crippen LogP contribution in [-0.4, -0.2) is 0 Å². The van der Waals surface area contributed by atoms with Gasteiger partial charge in [0, 0.05) is 0 Å². The van der Waals surface area contributed by atoms with Crippen LogP contribution in [-0.2, 0) is 0 Å². The predicted octanol–water partition coefficient (Wildman–Crippen LogP) is 6.21. The van der Waals surface area contributed by atoms with Gasteiger partial charge in [0.05, 0.1) is 0 Å². The normalized spacial score (nSPS) is 14.3. The fraction of sp³-hybridized carbons (Fsp3) is 0.647. The van der Waals surface area contributed by atoms with E-state index in [1.165, 1.54) is 42.4 Å². The summed E-state index contributed by atoms with van der Waals surface area (Å²) in [4.78, 5) is 0. The molecule has 0 aliphatic heterocycles. The summed E-state index contributed by atoms with van der Waals surface area (Å²) in [6, 6.07) is 0. The van der Waals surface area contributed by atoms with Crippen LogP contribution in [0.1, 0.15) is 73.1 Å². The molecule has 0 aromatic rings. The summed E-state index contributed by atoms with van der Waals surface area (Å²) in [6.07, 6.45) is 14.3. The average Bonchev–Trinajstić information content (AvgIpc) is 2.27. The predicted molar refractivity (Wildman–Crippen MR) is 80.3 cm³/mol. The lowest BCUT2D eigenvalue weighted by atomic mass is 10.0. The van der Waals surface area contributed by atoms with E-state index >= 15 is 0 Å². The van der Waals surface area contributed by atoms with Crippen molar-refractivity contribution in [3.05, 3.63) is 34.9 Å². The third kappa shape index (κ3) is 8.97. The molecule has 0 aliphatic carbocycles. The third-order valence-electron chi connectivity index (χ3n) is 2.85. The van der Waals surface area contributed by atoms with Crippen LogP contribution in [0.25, 0.3) is 0 Å². The van der Waals surface area contributed by atoms with Gasteiger partial charge in [0.1, 0.15) is 0 Å². The summed E-state index contributed by atoms with van der Waals surface area (Å²) in [7, 11) is 0. The SMILES string of the molecule is CCC=C(C)CC=C(C=C(C)CCC)CCC. The Bertz CT molecular complexity index is 276. The molecule has 0 aromatic heterocycles. The second kappa shape index (κ2) is 10.4. The summed E-state index contributed by atoms with van der Waals surface area (Å²) in [5, 5.41) is 0. The zero-order valence-electron chi connectivity index (χ0n) is 12.5. The van der Waals surface area contributed by atoms with Gasteiger partial charge < -0.3 is 0 Å². The van der Waals surface area contributed by atoms with Crippen LogP contribution >= 0.6 is 0 Å². The van der Waals surface area contributed by atoms with Crippen molar-refractivity contribution in [2.75, 3.05) is 0 Å². The first-order valence-electron chi connectivity index (χ1n) is 7.15. The molecule has 0 fully saturated rings. The van der Waals surface area contributed by atoms with E-state index < -0.39 is 0 Å². The summed E-state index contributed by atoms with van der Waals surface area (Å²) in [5.74, 6) is 0. The van der Waals surface area contributed by atoms with Crippen molar-refractivity contribution in [2.24, 2.45) is 0 Å². The van der Waals surface area contributed by atoms with Crippen molar-refractivity contribution >= 4 is 0 Å². The van der Waals surface area contributed by atoms with Crippen molar-refractivity contribution in [3.63, 3.8) is 0 Å². The Kier molecular flexibility index (Phi) is 9.90. The molecule has 0 heterocycles. The molecule has 0 N–H and O–H groups in total. The maximum absolute atomic E-state index is 2.41. The third-order valence-corrected chi connectivity index (χ3v) is 2.85. The van der Waals surface area contributed by atoms with Crippen molar-refractivity contribution in [3.8, 4) is 0 Å². The van der Waals surface area contributed by atoms with Gasteiger partial charge in [-0.25, -0.2) is 0 Å². The number of allylic oxidation sites excluding steroid dienone is 6. The molecule has 0 rings (SSSR count). The lowest BCUT2D eigenvalue weighted by molar-refractivity contribution is 0.884. The monoisotopic (exact) mass is 234 g/mol. The van der Waals surface area contributed by atoms with Crippen LogP contribution in [0.3, 0.4) is 0 Å². The Morgan fingerprint density at radius 3 is 2.00 bits per heavy atom. The number of rotatable bonds is 8. The van der Waals surface area contributed by atoms with Crippen molar-refractivity contribution in [1.29, 1.82) is 0 Å². The van der Waals surface area contributed by atoms with Gasteiger partial charge >= 0.3 is 0 Å². The number of hydrogen-bond donors (Lipinski definition) is 0. The zero-order valence-corrected chi connectivity index (χ0v) is 12.5. The van der Waals surface area contributed by atoms with Crippen LogP contribution in [0, 0.1) is 0 Å². The highest BCUT2D eigenvalue weighted by Gasteiger charge is 1.95. The molecule has 17 heavy (non-hydrogen) atoms. The molecule has 0 radical (unpaired) electrons. The van der Waals surface area contributed by atoms with Crippen LogP contribution in [0.2, 0.25) is 0 Å². The summed E-state index contributed by atoms with van der Waals surface area (Å²) < 4.78 is 0. The molecule has 0 saturated heterocycles. The molecule has 0 unspecified atom stereocenters. The molecule has 0 nitrogen and oxygen atoms in total. The van der Waals surface area contributed by atoms with Gasteiger partial charge in [-0.05, 0) is 39.5 Å². The van der Waals surface area contributed by atoms with E-state index in [-0.39, 0.29) is 0 Å². The Morgan fingerprint density at radius 2 is 1.47 bits per heavy atom. The second-order valence-corrected chi connectivity index (χ2v) is 4.93. The molecule has 0 heteroatoms. The van der Waals surface area contributed by atoms with E-state index in [0.717, 1.165) is 12.8 Å². The van der Waals surface area contributed by atoms with Crippen LogP contribution in [0.4, 0.5) is 0 Å². The minimum Gasteiger partial charge on any atom is -0.0856 e. The number of hydrogen-bond acceptors (Lipinski definition) is 0. The fourth-order valence-corrected chi connectivity index (χ4v) is 2.03. The Morgan fingerprint density at radius 1 is 0.824 bits per heavy atom. The van der Waals surface area contributed by atoms with E-state index in [9.17, 15) is 0 Å². The molecule has 0 amide bonds. The van der Waals surface area contributed by atoms with Gasteiger partial charge in [0.15, 0.2) is 0 Å². The van der Waals surface area contributed by atoms with Gasteiger partial charge in [-0.1, -0.05) is 68.6 Å². The highest BCUT2D eigenvalue weighted by Crippen LogP contribution is 2.15. The van der Waals surface area contributed by atoms with E-state index in [1.54, 1.807) is 0 Å². The molecule has 0 spiro atoms. The van der Waals surface area contributed by atoms with E-state index in [4.69, 9.17) is 0 Å². The molecule has 0 aromatic carbocycles. The minimum absolute atomic E-state index is 1.11. The van der Waals surface area contributed by atoms with Crippen LogP contribution in [0.15, 0.2) is 34.9 Å². The topological polar surface area (TPSA) is 0 Å². The van der Waals surface area contributed by atoms with Crippen LogP contribution in [0.5, 0.6) is 0 Å². The summed E-state index contributed by atoms with van der Waals surface area (Å²) in [5.41, 5.74) is 4.52. The van der Waals surface area contributed by atoms with E-state index in [0.29, 0.717) is 0 Å². The molecular weight excluding hydrogens is 204 g/mol. The van der Waals surface area contributed by atoms with Crippen LogP contribution < -0.4 is 0 Å². The second-order valence-electron chi connectivity index (χ2n) is 4.93. The maximum atomic E-state index is 2.41. The lowest BCUT2D eigenvalue weighted by Gasteiger charge is -2.04. The Labute approximate surface area is 109 Å². The molecule has 0 aliphatic rings. The summed E-state index contributed by atoms with van der Waals surface area (Å²) >= 11 is 0. The smallest absolute Gasteiger partial charge is 0.0136 e. The van der Waals surface area contributed by atoms with Gasteiger partial charge in [-0.2, -0.15) is 0 Å². The first kappa shape index (κ1) is 16.2. The largest absolute Gasteiger partial charge is 0.0856 e. The van der Waals surface area contributed by atoms with Crippen molar-refractivity contribution < 1.29 is 0 Å². The molecular formula is C17H30. The first-order chi connectivity index (χ1) is 8.13. The molecule has 0 bridgehead atoms. The van der Waals surface area contributed by atoms with Gasteiger partial charge in [0.2, 0.25) is 0 Å². The quantitative estimate of drug-likeness (QED) is 0.346. The molecule has 0 saturated carbocycles. The maximum Gasteiger partial charge on any atom is -0.0136 e. The minimum atomic E-state index is 1.11. The van der Waals surface area contributed by atoms with Gasteiger partial charge in [-0.3, -0.25) is 0 Å². The average molecular weight is 234 g/mol. The van der Waals surface area contributed by atoms with Crippen molar-refractivity contribution in [1.82, 2.24) is 0 Å². The highest BCUT2D eigenvalue weighted by atomic mass is 14.0. The van der Waals surface area contributed by atoms with Gasteiger partial charge in [0.25, 0.3) is 0 Å². The van der Waals surface area contributed by atoms with E-state index in [2.05, 4.69) is 52.8 Å². The first-order valence-corrected chi connectivity index (χ1v) is 7.15. The standard InChI is InChI=1S/C17H30/c1-6-9-15(4)12-13-17(11-8-3)14-16(5)10-7-2/h9,13-14H,6-8,10-12H2,1-5H3. The van der Waals surface area contributed by atoms with Crippen molar-refractivity contribution in [2.45, 2.75) is 73.1 Å². The van der Waals surface area contributed by atoms with Gasteiger partial charge in [-0.15, -0.1) is 0 Å². The zero-order chi connectivity index (χ0) is 13.1. The fourth-order valence-electron chi connectivity index (χ4n) is 2.03. The Hall–Kier alpha value is -0.780. The lowest BCUT2D eigenvalue weighted by Crippen LogP contribution is -1.84. The highest BCUT2D eigenvalue weighted by molar-refractivity contribution is 5.24. The van der Waals surface area contributed by atoms with E-state index in [1.807, 2.05) is 0 Å². The summed E-state index contributed by atoms with van der Waals surface area (Å²) in [6.45, 7) is 11.2. The molecule has 98 valence electrons. The molecule has 0 atom stereocenters. The Balaban J connectivity index is 4.55.